The molecule has 2 aliphatic rings. The second-order valence-electron chi connectivity index (χ2n) is 6.38. The van der Waals surface area contributed by atoms with Gasteiger partial charge in [-0.3, -0.25) is 9.78 Å². The number of hydrogen-bond acceptors (Lipinski definition) is 4. The molecule has 5 nitrogen and oxygen atoms in total. The van der Waals surface area contributed by atoms with E-state index in [9.17, 15) is 9.59 Å². The van der Waals surface area contributed by atoms with Crippen molar-refractivity contribution in [3.8, 4) is 0 Å². The van der Waals surface area contributed by atoms with Crippen molar-refractivity contribution in [3.05, 3.63) is 39.0 Å². The minimum atomic E-state index is -0.454. The molecule has 0 radical (unpaired) electrons. The smallest absolute Gasteiger partial charge is 0.307 e. The van der Waals surface area contributed by atoms with Gasteiger partial charge >= 0.3 is 5.69 Å². The second kappa shape index (κ2) is 5.28. The highest BCUT2D eigenvalue weighted by molar-refractivity contribution is 8.00. The Bertz CT molecular complexity index is 814. The van der Waals surface area contributed by atoms with Gasteiger partial charge in [-0.25, -0.2) is 4.79 Å². The summed E-state index contributed by atoms with van der Waals surface area (Å²) >= 11 is 1.87. The number of thioether (sulfide) groups is 1. The number of nitrogens with one attached hydrogen (secondary N) is 2. The number of piperidine rings is 1. The van der Waals surface area contributed by atoms with Gasteiger partial charge in [0.05, 0.1) is 10.9 Å². The zero-order valence-corrected chi connectivity index (χ0v) is 13.3. The number of fused-ring (bicyclic) bond motifs is 3. The van der Waals surface area contributed by atoms with E-state index in [0.29, 0.717) is 16.2 Å². The highest BCUT2D eigenvalue weighted by Crippen LogP contribution is 2.41. The van der Waals surface area contributed by atoms with Crippen LogP contribution in [0.1, 0.15) is 25.7 Å². The van der Waals surface area contributed by atoms with Gasteiger partial charge in [0.25, 0.3) is 5.56 Å². The predicted molar refractivity (Wildman–Crippen MR) is 88.6 cm³/mol. The summed E-state index contributed by atoms with van der Waals surface area (Å²) in [7, 11) is 2.25. The van der Waals surface area contributed by atoms with E-state index >= 15 is 0 Å². The Morgan fingerprint density at radius 1 is 1.14 bits per heavy atom. The maximum absolute atomic E-state index is 11.9. The van der Waals surface area contributed by atoms with Crippen LogP contribution in [-0.4, -0.2) is 39.2 Å². The van der Waals surface area contributed by atoms with Crippen LogP contribution >= 0.6 is 11.8 Å². The molecule has 22 heavy (non-hydrogen) atoms. The van der Waals surface area contributed by atoms with Crippen LogP contribution in [0.2, 0.25) is 0 Å². The number of aromatic amines is 2. The van der Waals surface area contributed by atoms with Crippen molar-refractivity contribution in [1.82, 2.24) is 14.9 Å². The van der Waals surface area contributed by atoms with E-state index < -0.39 is 5.69 Å². The van der Waals surface area contributed by atoms with E-state index in [-0.39, 0.29) is 5.56 Å². The predicted octanol–water partition coefficient (Wildman–Crippen LogP) is 1.93. The first-order valence-electron chi connectivity index (χ1n) is 7.75. The average Bonchev–Trinajstić information content (AvgIpc) is 2.71. The fraction of sp³-hybridized carbons (Fsp3) is 0.500. The summed E-state index contributed by atoms with van der Waals surface area (Å²) in [5.74, 6) is 0. The van der Waals surface area contributed by atoms with Crippen molar-refractivity contribution in [3.63, 3.8) is 0 Å². The molecule has 4 rings (SSSR count). The Morgan fingerprint density at radius 3 is 2.59 bits per heavy atom. The van der Waals surface area contributed by atoms with E-state index in [4.69, 9.17) is 0 Å². The van der Waals surface area contributed by atoms with Crippen molar-refractivity contribution in [1.29, 1.82) is 0 Å². The minimum absolute atomic E-state index is 0.315. The molecule has 2 saturated heterocycles. The van der Waals surface area contributed by atoms with Gasteiger partial charge < -0.3 is 9.88 Å². The molecule has 0 spiro atoms. The molecule has 2 aromatic rings. The molecule has 6 heteroatoms. The van der Waals surface area contributed by atoms with E-state index in [1.807, 2.05) is 30.0 Å². The van der Waals surface area contributed by atoms with Crippen molar-refractivity contribution in [2.24, 2.45) is 0 Å². The molecular formula is C16H19N3O2S. The van der Waals surface area contributed by atoms with Gasteiger partial charge in [0, 0.05) is 22.2 Å². The Morgan fingerprint density at radius 2 is 1.86 bits per heavy atom. The zero-order chi connectivity index (χ0) is 15.3. The molecule has 116 valence electrons. The Hall–Kier alpha value is -1.53. The van der Waals surface area contributed by atoms with Crippen LogP contribution in [0.25, 0.3) is 10.9 Å². The molecule has 2 bridgehead atoms. The van der Waals surface area contributed by atoms with Crippen LogP contribution in [0, 0.1) is 0 Å². The Labute approximate surface area is 132 Å². The summed E-state index contributed by atoms with van der Waals surface area (Å²) in [5, 5.41) is 1.17. The van der Waals surface area contributed by atoms with E-state index in [1.165, 1.54) is 25.7 Å². The highest BCUT2D eigenvalue weighted by atomic mass is 32.2. The Balaban J connectivity index is 1.60. The van der Waals surface area contributed by atoms with Gasteiger partial charge in [-0.15, -0.1) is 11.8 Å². The van der Waals surface area contributed by atoms with Crippen LogP contribution < -0.4 is 11.2 Å². The van der Waals surface area contributed by atoms with Crippen LogP contribution in [0.15, 0.2) is 32.7 Å². The van der Waals surface area contributed by atoms with Gasteiger partial charge in [-0.2, -0.15) is 0 Å². The number of rotatable bonds is 2. The van der Waals surface area contributed by atoms with Gasteiger partial charge in [-0.1, -0.05) is 0 Å². The van der Waals surface area contributed by atoms with Crippen LogP contribution in [0.4, 0.5) is 0 Å². The van der Waals surface area contributed by atoms with Crippen LogP contribution in [0.5, 0.6) is 0 Å². The SMILES string of the molecule is CN1[C@@H]2CC[C@H]1C[C@H](Sc1ccc3[nH]c(=O)[nH]c(=O)c3c1)C2. The fourth-order valence-electron chi connectivity index (χ4n) is 3.87. The van der Waals surface area contributed by atoms with Gasteiger partial charge in [-0.05, 0) is 50.9 Å². The van der Waals surface area contributed by atoms with Crippen LogP contribution in [0.3, 0.4) is 0 Å². The van der Waals surface area contributed by atoms with Crippen molar-refractivity contribution < 1.29 is 0 Å². The molecule has 1 aromatic heterocycles. The molecule has 1 aromatic carbocycles. The molecule has 3 atom stereocenters. The van der Waals surface area contributed by atoms with Crippen molar-refractivity contribution in [2.45, 2.75) is 47.9 Å². The maximum Gasteiger partial charge on any atom is 0.326 e. The third-order valence-corrected chi connectivity index (χ3v) is 6.31. The number of aromatic nitrogens is 2. The molecule has 0 unspecified atom stereocenters. The standard InChI is InChI=1S/C16H19N3O2S/c1-19-9-2-3-10(19)7-12(6-9)22-11-4-5-14-13(8-11)15(20)18-16(21)17-14/h4-5,8-10,12H,2-3,6-7H2,1H3,(H2,17,18,20,21)/t9-,10+,12-. The normalized spacial score (nSPS) is 28.3. The van der Waals surface area contributed by atoms with E-state index in [1.54, 1.807) is 0 Å². The lowest BCUT2D eigenvalue weighted by Crippen LogP contribution is -2.40. The molecule has 2 fully saturated rings. The zero-order valence-electron chi connectivity index (χ0n) is 12.5. The first-order valence-corrected chi connectivity index (χ1v) is 8.63. The largest absolute Gasteiger partial charge is 0.326 e. The molecule has 2 aliphatic heterocycles. The summed E-state index contributed by atoms with van der Waals surface area (Å²) < 4.78 is 0. The van der Waals surface area contributed by atoms with E-state index in [2.05, 4.69) is 21.9 Å². The Kier molecular flexibility index (Phi) is 3.38. The molecule has 0 amide bonds. The number of benzene rings is 1. The minimum Gasteiger partial charge on any atom is -0.307 e. The lowest BCUT2D eigenvalue weighted by atomic mass is 10.0. The quantitative estimate of drug-likeness (QED) is 0.888. The van der Waals surface area contributed by atoms with Crippen molar-refractivity contribution in [2.75, 3.05) is 7.05 Å². The molecule has 3 heterocycles. The highest BCUT2D eigenvalue weighted by Gasteiger charge is 2.38. The summed E-state index contributed by atoms with van der Waals surface area (Å²) in [5.41, 5.74) is -0.170. The number of hydrogen-bond donors (Lipinski definition) is 2. The van der Waals surface area contributed by atoms with Gasteiger partial charge in [0.2, 0.25) is 0 Å². The lowest BCUT2D eigenvalue weighted by Gasteiger charge is -2.36. The monoisotopic (exact) mass is 317 g/mol. The first kappa shape index (κ1) is 14.1. The number of nitrogens with zero attached hydrogens (tertiary/aromatic N) is 1. The molecule has 0 saturated carbocycles. The lowest BCUT2D eigenvalue weighted by molar-refractivity contribution is 0.183. The molecule has 0 aliphatic carbocycles. The summed E-state index contributed by atoms with van der Waals surface area (Å²) in [6.07, 6.45) is 5.07. The fourth-order valence-corrected chi connectivity index (χ4v) is 5.22. The summed E-state index contributed by atoms with van der Waals surface area (Å²) in [4.78, 5) is 31.8. The summed E-state index contributed by atoms with van der Waals surface area (Å²) in [6.45, 7) is 0. The third-order valence-electron chi connectivity index (χ3n) is 5.07. The van der Waals surface area contributed by atoms with Crippen molar-refractivity contribution >= 4 is 22.7 Å². The third kappa shape index (κ3) is 2.40. The summed E-state index contributed by atoms with van der Waals surface area (Å²) in [6, 6.07) is 7.17. The first-order chi connectivity index (χ1) is 10.6. The average molecular weight is 317 g/mol. The number of H-pyrrole nitrogens is 2. The van der Waals surface area contributed by atoms with E-state index in [0.717, 1.165) is 17.0 Å². The molecule has 2 N–H and O–H groups in total. The molecular weight excluding hydrogens is 298 g/mol. The van der Waals surface area contributed by atoms with Gasteiger partial charge in [0.1, 0.15) is 0 Å². The van der Waals surface area contributed by atoms with Crippen LogP contribution in [-0.2, 0) is 0 Å². The maximum atomic E-state index is 11.9. The second-order valence-corrected chi connectivity index (χ2v) is 7.75. The van der Waals surface area contributed by atoms with Gasteiger partial charge in [0.15, 0.2) is 0 Å². The topological polar surface area (TPSA) is 69.0 Å².